The number of carbonyl (C=O) groups is 1. The first kappa shape index (κ1) is 24.2. The van der Waals surface area contributed by atoms with Crippen molar-refractivity contribution in [2.75, 3.05) is 14.2 Å². The molecule has 0 spiro atoms. The van der Waals surface area contributed by atoms with Gasteiger partial charge in [-0.15, -0.1) is 0 Å². The van der Waals surface area contributed by atoms with Crippen LogP contribution in [0.15, 0.2) is 66.7 Å². The van der Waals surface area contributed by atoms with Crippen LogP contribution in [0.25, 0.3) is 0 Å². The molecule has 0 saturated carbocycles. The second kappa shape index (κ2) is 10.9. The summed E-state index contributed by atoms with van der Waals surface area (Å²) in [5.41, 5.74) is 0.289. The topological polar surface area (TPSA) is 80.3 Å². The Morgan fingerprint density at radius 3 is 1.64 bits per heavy atom. The summed E-state index contributed by atoms with van der Waals surface area (Å²) in [6, 6.07) is 18.4. The fraction of sp³-hybridized carbons (Fsp3) is 0.240. The lowest BCUT2D eigenvalue weighted by atomic mass is 10.1. The Kier molecular flexibility index (Phi) is 8.01. The lowest BCUT2D eigenvalue weighted by Crippen LogP contribution is -2.16. The Labute approximate surface area is 193 Å². The average Bonchev–Trinajstić information content (AvgIpc) is 2.85. The Balaban J connectivity index is 2.01. The van der Waals surface area contributed by atoms with Crippen molar-refractivity contribution < 1.29 is 32.6 Å². The molecule has 174 valence electrons. The van der Waals surface area contributed by atoms with E-state index in [1.807, 2.05) is 13.8 Å². The average molecular weight is 470 g/mol. The molecule has 0 aliphatic carbocycles. The van der Waals surface area contributed by atoms with E-state index in [-0.39, 0.29) is 17.2 Å². The van der Waals surface area contributed by atoms with Gasteiger partial charge in [-0.05, 0) is 72.5 Å². The highest BCUT2D eigenvalue weighted by atomic mass is 31.2. The summed E-state index contributed by atoms with van der Waals surface area (Å²) in [5, 5.41) is 0. The second-order valence-corrected chi connectivity index (χ2v) is 8.74. The van der Waals surface area contributed by atoms with Crippen molar-refractivity contribution in [3.05, 3.63) is 77.9 Å². The highest BCUT2D eigenvalue weighted by Gasteiger charge is 2.42. The van der Waals surface area contributed by atoms with Gasteiger partial charge in [-0.2, -0.15) is 0 Å². The van der Waals surface area contributed by atoms with Crippen molar-refractivity contribution in [3.8, 4) is 28.7 Å². The highest BCUT2D eigenvalue weighted by molar-refractivity contribution is 7.72. The minimum atomic E-state index is -4.49. The molecule has 0 N–H and O–H groups in total. The van der Waals surface area contributed by atoms with Gasteiger partial charge in [0, 0.05) is 0 Å². The molecule has 7 nitrogen and oxygen atoms in total. The van der Waals surface area contributed by atoms with Crippen LogP contribution in [-0.2, 0) is 17.4 Å². The van der Waals surface area contributed by atoms with Crippen LogP contribution in [0.4, 0.5) is 4.79 Å². The van der Waals surface area contributed by atoms with Gasteiger partial charge in [-0.3, -0.25) is 0 Å². The molecule has 8 heteroatoms. The largest absolute Gasteiger partial charge is 0.540 e. The number of ether oxygens (including phenoxy) is 3. The summed E-state index contributed by atoms with van der Waals surface area (Å²) in [6.45, 7) is 3.82. The normalized spacial score (nSPS) is 10.9. The second-order valence-electron chi connectivity index (χ2n) is 7.02. The molecule has 3 rings (SSSR count). The lowest BCUT2D eigenvalue weighted by Gasteiger charge is -2.21. The first-order chi connectivity index (χ1) is 15.9. The van der Waals surface area contributed by atoms with Crippen LogP contribution in [0.2, 0.25) is 0 Å². The Hall–Kier alpha value is -3.44. The number of hydrogen-bond acceptors (Lipinski definition) is 7. The van der Waals surface area contributed by atoms with Crippen molar-refractivity contribution in [1.82, 2.24) is 0 Å². The van der Waals surface area contributed by atoms with Crippen molar-refractivity contribution in [1.29, 1.82) is 0 Å². The molecular formula is C25H27O7P. The summed E-state index contributed by atoms with van der Waals surface area (Å²) < 4.78 is 41.4. The third-order valence-corrected chi connectivity index (χ3v) is 6.32. The number of benzene rings is 3. The standard InChI is InChI=1S/C25H27O7P/c1-5-18-16-21(28-3)12-14-23(18)31-33(27,25(26)30-20-10-8-7-9-11-20)32-24-15-13-22(29-4)17-19(24)6-2/h7-17H,5-6H2,1-4H3. The van der Waals surface area contributed by atoms with Crippen molar-refractivity contribution in [2.24, 2.45) is 0 Å². The molecule has 0 aromatic heterocycles. The van der Waals surface area contributed by atoms with Crippen LogP contribution in [0, 0.1) is 0 Å². The zero-order valence-electron chi connectivity index (χ0n) is 19.1. The van der Waals surface area contributed by atoms with Crippen molar-refractivity contribution >= 4 is 13.3 Å². The van der Waals surface area contributed by atoms with E-state index in [2.05, 4.69) is 0 Å². The minimum Gasteiger partial charge on any atom is -0.497 e. The highest BCUT2D eigenvalue weighted by Crippen LogP contribution is 2.52. The van der Waals surface area contributed by atoms with Gasteiger partial charge >= 0.3 is 13.3 Å². The van der Waals surface area contributed by atoms with Crippen LogP contribution < -0.4 is 23.3 Å². The van der Waals surface area contributed by atoms with E-state index in [9.17, 15) is 9.36 Å². The predicted molar refractivity (Wildman–Crippen MR) is 126 cm³/mol. The lowest BCUT2D eigenvalue weighted by molar-refractivity contribution is 0.215. The maximum Gasteiger partial charge on any atom is 0.540 e. The van der Waals surface area contributed by atoms with Crippen LogP contribution in [0.3, 0.4) is 0 Å². The van der Waals surface area contributed by atoms with E-state index < -0.39 is 13.3 Å². The SMILES string of the molecule is CCc1cc(OC)ccc1OP(=O)(Oc1ccc(OC)cc1CC)C(=O)Oc1ccccc1. The van der Waals surface area contributed by atoms with E-state index in [0.717, 1.165) is 0 Å². The Bertz CT molecular complexity index is 1080. The molecule has 0 aliphatic heterocycles. The molecule has 3 aromatic rings. The first-order valence-electron chi connectivity index (χ1n) is 10.5. The summed E-state index contributed by atoms with van der Waals surface area (Å²) in [6.07, 6.45) is 1.12. The molecule has 0 radical (unpaired) electrons. The summed E-state index contributed by atoms with van der Waals surface area (Å²) >= 11 is 0. The molecule has 0 atom stereocenters. The van der Waals surface area contributed by atoms with E-state index in [1.54, 1.807) is 80.9 Å². The number of rotatable bonds is 10. The number of aryl methyl sites for hydroxylation is 2. The molecule has 33 heavy (non-hydrogen) atoms. The molecule has 0 aliphatic rings. The van der Waals surface area contributed by atoms with E-state index in [4.69, 9.17) is 23.3 Å². The number of hydrogen-bond donors (Lipinski definition) is 0. The number of carbonyl (C=O) groups excluding carboxylic acids is 1. The van der Waals surface area contributed by atoms with Gasteiger partial charge in [0.25, 0.3) is 0 Å². The zero-order chi connectivity index (χ0) is 23.8. The fourth-order valence-electron chi connectivity index (χ4n) is 3.09. The van der Waals surface area contributed by atoms with E-state index in [1.165, 1.54) is 0 Å². The maximum atomic E-state index is 13.9. The molecule has 0 bridgehead atoms. The van der Waals surface area contributed by atoms with Crippen LogP contribution >= 0.6 is 7.60 Å². The van der Waals surface area contributed by atoms with E-state index >= 15 is 0 Å². The van der Waals surface area contributed by atoms with Gasteiger partial charge in [0.15, 0.2) is 0 Å². The smallest absolute Gasteiger partial charge is 0.497 e. The quantitative estimate of drug-likeness (QED) is 0.306. The summed E-state index contributed by atoms with van der Waals surface area (Å²) in [4.78, 5) is 13.1. The molecule has 0 saturated heterocycles. The van der Waals surface area contributed by atoms with Gasteiger partial charge in [0.1, 0.15) is 28.7 Å². The van der Waals surface area contributed by atoms with Gasteiger partial charge in [-0.1, -0.05) is 32.0 Å². The van der Waals surface area contributed by atoms with Crippen LogP contribution in [0.1, 0.15) is 25.0 Å². The van der Waals surface area contributed by atoms with Crippen molar-refractivity contribution in [2.45, 2.75) is 26.7 Å². The van der Waals surface area contributed by atoms with Gasteiger partial charge < -0.3 is 23.3 Å². The molecule has 0 heterocycles. The summed E-state index contributed by atoms with van der Waals surface area (Å²) in [5.74, 6) is 1.96. The molecular weight excluding hydrogens is 443 g/mol. The van der Waals surface area contributed by atoms with Crippen LogP contribution in [-0.4, -0.2) is 19.9 Å². The Morgan fingerprint density at radius 2 is 1.21 bits per heavy atom. The number of methoxy groups -OCH3 is 2. The summed E-state index contributed by atoms with van der Waals surface area (Å²) in [7, 11) is -1.39. The van der Waals surface area contributed by atoms with Gasteiger partial charge in [0.05, 0.1) is 14.2 Å². The molecule has 0 amide bonds. The zero-order valence-corrected chi connectivity index (χ0v) is 20.0. The predicted octanol–water partition coefficient (Wildman–Crippen LogP) is 6.68. The van der Waals surface area contributed by atoms with Gasteiger partial charge in [-0.25, -0.2) is 9.36 Å². The van der Waals surface area contributed by atoms with Gasteiger partial charge in [0.2, 0.25) is 0 Å². The molecule has 0 unspecified atom stereocenters. The first-order valence-corrected chi connectivity index (χ1v) is 12.1. The Morgan fingerprint density at radius 1 is 0.727 bits per heavy atom. The van der Waals surface area contributed by atoms with Crippen molar-refractivity contribution in [3.63, 3.8) is 0 Å². The molecule has 3 aromatic carbocycles. The number of para-hydroxylation sites is 1. The van der Waals surface area contributed by atoms with Crippen LogP contribution in [0.5, 0.6) is 28.7 Å². The monoisotopic (exact) mass is 470 g/mol. The molecule has 0 fully saturated rings. The van der Waals surface area contributed by atoms with E-state index in [0.29, 0.717) is 35.5 Å². The minimum absolute atomic E-state index is 0.228. The third kappa shape index (κ3) is 5.88. The third-order valence-electron chi connectivity index (χ3n) is 4.91. The fourth-order valence-corrected chi connectivity index (χ4v) is 4.37. The maximum absolute atomic E-state index is 13.9.